The van der Waals surface area contributed by atoms with E-state index in [2.05, 4.69) is 0 Å². The normalized spacial score (nSPS) is 14.5. The average molecular weight is 347 g/mol. The molecule has 0 N–H and O–H groups in total. The number of non-ortho nitro benzene ring substituents is 1. The largest absolute Gasteiger partial charge is 0.277 e. The standard InChI is InChI=1S/C16H8ClFN2O4/c17-14-13(9-4-6-11(7-5-9)20(23)24)15(21)19(16(14)22)12-3-1-2-10(18)8-12/h1-8H. The van der Waals surface area contributed by atoms with Gasteiger partial charge in [-0.2, -0.15) is 0 Å². The van der Waals surface area contributed by atoms with Gasteiger partial charge < -0.3 is 0 Å². The Morgan fingerprint density at radius 2 is 1.71 bits per heavy atom. The predicted octanol–water partition coefficient (Wildman–Crippen LogP) is 3.26. The molecule has 0 aromatic heterocycles. The molecule has 0 saturated carbocycles. The molecular weight excluding hydrogens is 339 g/mol. The fourth-order valence-corrected chi connectivity index (χ4v) is 2.63. The van der Waals surface area contributed by atoms with Gasteiger partial charge in [-0.05, 0) is 35.9 Å². The number of carbonyl (C=O) groups is 2. The van der Waals surface area contributed by atoms with Crippen molar-refractivity contribution >= 4 is 40.4 Å². The number of hydrogen-bond donors (Lipinski definition) is 0. The number of nitro groups is 1. The third-order valence-corrected chi connectivity index (χ3v) is 3.81. The molecule has 24 heavy (non-hydrogen) atoms. The van der Waals surface area contributed by atoms with Gasteiger partial charge in [0.15, 0.2) is 0 Å². The van der Waals surface area contributed by atoms with Crippen LogP contribution >= 0.6 is 11.6 Å². The van der Waals surface area contributed by atoms with Gasteiger partial charge in [0.1, 0.15) is 10.8 Å². The van der Waals surface area contributed by atoms with Crippen molar-refractivity contribution in [3.05, 3.63) is 75.1 Å². The van der Waals surface area contributed by atoms with Crippen molar-refractivity contribution in [3.8, 4) is 0 Å². The Hall–Kier alpha value is -3.06. The van der Waals surface area contributed by atoms with Crippen LogP contribution in [0.2, 0.25) is 0 Å². The minimum absolute atomic E-state index is 0.0556. The van der Waals surface area contributed by atoms with Crippen LogP contribution in [0.4, 0.5) is 15.8 Å². The van der Waals surface area contributed by atoms with Crippen LogP contribution in [-0.4, -0.2) is 16.7 Å². The lowest BCUT2D eigenvalue weighted by Crippen LogP contribution is -2.31. The van der Waals surface area contributed by atoms with Gasteiger partial charge in [0.25, 0.3) is 17.5 Å². The summed E-state index contributed by atoms with van der Waals surface area (Å²) in [6.07, 6.45) is 0. The molecule has 2 aromatic carbocycles. The van der Waals surface area contributed by atoms with E-state index in [0.29, 0.717) is 0 Å². The molecule has 1 heterocycles. The third kappa shape index (κ3) is 2.55. The maximum Gasteiger partial charge on any atom is 0.277 e. The molecule has 8 heteroatoms. The molecule has 0 aliphatic carbocycles. The summed E-state index contributed by atoms with van der Waals surface area (Å²) in [7, 11) is 0. The Bertz CT molecular complexity index is 909. The van der Waals surface area contributed by atoms with Crippen LogP contribution in [0.15, 0.2) is 53.6 Å². The molecule has 2 amide bonds. The summed E-state index contributed by atoms with van der Waals surface area (Å²) < 4.78 is 13.4. The maximum absolute atomic E-state index is 13.4. The molecule has 0 radical (unpaired) electrons. The number of rotatable bonds is 3. The van der Waals surface area contributed by atoms with Gasteiger partial charge in [0.05, 0.1) is 16.2 Å². The highest BCUT2D eigenvalue weighted by molar-refractivity contribution is 6.60. The van der Waals surface area contributed by atoms with E-state index in [4.69, 9.17) is 11.6 Å². The second-order valence-electron chi connectivity index (χ2n) is 4.92. The number of nitro benzene ring substituents is 1. The molecule has 0 spiro atoms. The lowest BCUT2D eigenvalue weighted by atomic mass is 10.1. The Morgan fingerprint density at radius 3 is 2.29 bits per heavy atom. The van der Waals surface area contributed by atoms with E-state index in [1.54, 1.807) is 0 Å². The molecule has 1 aliphatic heterocycles. The van der Waals surface area contributed by atoms with Crippen LogP contribution in [0.25, 0.3) is 5.57 Å². The molecule has 0 bridgehead atoms. The number of anilines is 1. The van der Waals surface area contributed by atoms with Crippen molar-refractivity contribution in [2.45, 2.75) is 0 Å². The van der Waals surface area contributed by atoms with Crippen LogP contribution in [0.3, 0.4) is 0 Å². The molecule has 0 fully saturated rings. The molecule has 0 saturated heterocycles. The number of halogens is 2. The third-order valence-electron chi connectivity index (χ3n) is 3.46. The Labute approximate surface area is 139 Å². The van der Waals surface area contributed by atoms with Crippen LogP contribution < -0.4 is 4.90 Å². The van der Waals surface area contributed by atoms with Gasteiger partial charge in [0, 0.05) is 12.1 Å². The van der Waals surface area contributed by atoms with E-state index in [1.807, 2.05) is 0 Å². The molecule has 1 aliphatic rings. The quantitative estimate of drug-likeness (QED) is 0.485. The molecule has 6 nitrogen and oxygen atoms in total. The smallest absolute Gasteiger partial charge is 0.268 e. The highest BCUT2D eigenvalue weighted by Gasteiger charge is 2.39. The van der Waals surface area contributed by atoms with Gasteiger partial charge in [-0.3, -0.25) is 19.7 Å². The monoisotopic (exact) mass is 346 g/mol. The zero-order chi connectivity index (χ0) is 17.4. The number of carbonyl (C=O) groups excluding carboxylic acids is 2. The van der Waals surface area contributed by atoms with E-state index in [9.17, 15) is 24.1 Å². The first-order valence-electron chi connectivity index (χ1n) is 6.69. The molecule has 120 valence electrons. The predicted molar refractivity (Wildman–Crippen MR) is 84.8 cm³/mol. The number of benzene rings is 2. The van der Waals surface area contributed by atoms with Crippen molar-refractivity contribution < 1.29 is 18.9 Å². The maximum atomic E-state index is 13.4. The van der Waals surface area contributed by atoms with E-state index in [0.717, 1.165) is 11.0 Å². The first kappa shape index (κ1) is 15.8. The summed E-state index contributed by atoms with van der Waals surface area (Å²) >= 11 is 5.98. The number of imide groups is 1. The summed E-state index contributed by atoms with van der Waals surface area (Å²) in [6, 6.07) is 10.1. The molecule has 2 aromatic rings. The molecule has 3 rings (SSSR count). The number of hydrogen-bond acceptors (Lipinski definition) is 4. The second kappa shape index (κ2) is 5.86. The topological polar surface area (TPSA) is 80.5 Å². The Morgan fingerprint density at radius 1 is 1.04 bits per heavy atom. The van der Waals surface area contributed by atoms with Gasteiger partial charge in [-0.1, -0.05) is 17.7 Å². The van der Waals surface area contributed by atoms with Gasteiger partial charge in [0.2, 0.25) is 0 Å². The molecule has 0 atom stereocenters. The lowest BCUT2D eigenvalue weighted by Gasteiger charge is -2.14. The first-order valence-corrected chi connectivity index (χ1v) is 7.07. The summed E-state index contributed by atoms with van der Waals surface area (Å²) in [5.41, 5.74) is 0.0815. The van der Waals surface area contributed by atoms with Crippen LogP contribution in [-0.2, 0) is 9.59 Å². The summed E-state index contributed by atoms with van der Waals surface area (Å²) in [6.45, 7) is 0. The Kier molecular flexibility index (Phi) is 3.86. The van der Waals surface area contributed by atoms with Crippen LogP contribution in [0.1, 0.15) is 5.56 Å². The summed E-state index contributed by atoms with van der Waals surface area (Å²) in [5.74, 6) is -2.10. The zero-order valence-corrected chi connectivity index (χ0v) is 12.7. The van der Waals surface area contributed by atoms with Crippen molar-refractivity contribution in [1.82, 2.24) is 0 Å². The molecular formula is C16H8ClFN2O4. The van der Waals surface area contributed by atoms with E-state index in [1.165, 1.54) is 42.5 Å². The Balaban J connectivity index is 2.02. The van der Waals surface area contributed by atoms with Gasteiger partial charge in [-0.15, -0.1) is 0 Å². The fraction of sp³-hybridized carbons (Fsp3) is 0. The SMILES string of the molecule is O=C1C(Cl)=C(c2ccc([N+](=O)[O-])cc2)C(=O)N1c1cccc(F)c1. The highest BCUT2D eigenvalue weighted by atomic mass is 35.5. The summed E-state index contributed by atoms with van der Waals surface area (Å²) in [4.78, 5) is 35.7. The molecule has 0 unspecified atom stereocenters. The minimum atomic E-state index is -0.777. The van der Waals surface area contributed by atoms with Crippen molar-refractivity contribution in [2.75, 3.05) is 4.90 Å². The van der Waals surface area contributed by atoms with Crippen molar-refractivity contribution in [3.63, 3.8) is 0 Å². The van der Waals surface area contributed by atoms with E-state index < -0.39 is 22.6 Å². The highest BCUT2D eigenvalue weighted by Crippen LogP contribution is 2.35. The second-order valence-corrected chi connectivity index (χ2v) is 5.30. The van der Waals surface area contributed by atoms with Crippen LogP contribution in [0, 0.1) is 15.9 Å². The summed E-state index contributed by atoms with van der Waals surface area (Å²) in [5, 5.41) is 10.4. The fourth-order valence-electron chi connectivity index (χ4n) is 2.35. The minimum Gasteiger partial charge on any atom is -0.268 e. The number of nitrogens with zero attached hydrogens (tertiary/aromatic N) is 2. The van der Waals surface area contributed by atoms with Gasteiger partial charge >= 0.3 is 0 Å². The van der Waals surface area contributed by atoms with Crippen LogP contribution in [0.5, 0.6) is 0 Å². The van der Waals surface area contributed by atoms with Gasteiger partial charge in [-0.25, -0.2) is 9.29 Å². The van der Waals surface area contributed by atoms with Crippen molar-refractivity contribution in [2.24, 2.45) is 0 Å². The van der Waals surface area contributed by atoms with E-state index in [-0.39, 0.29) is 27.5 Å². The lowest BCUT2D eigenvalue weighted by molar-refractivity contribution is -0.384. The number of amides is 2. The average Bonchev–Trinajstić information content (AvgIpc) is 2.77. The van der Waals surface area contributed by atoms with E-state index >= 15 is 0 Å². The first-order chi connectivity index (χ1) is 11.4. The van der Waals surface area contributed by atoms with Crippen molar-refractivity contribution in [1.29, 1.82) is 0 Å². The zero-order valence-electron chi connectivity index (χ0n) is 11.9.